The number of hydrogen-bond acceptors (Lipinski definition) is 5. The molecular weight excluding hydrogens is 414 g/mol. The van der Waals surface area contributed by atoms with Crippen molar-refractivity contribution in [3.63, 3.8) is 0 Å². The Morgan fingerprint density at radius 2 is 1.82 bits per heavy atom. The molecule has 6 nitrogen and oxygen atoms in total. The first-order valence-electron chi connectivity index (χ1n) is 11.2. The van der Waals surface area contributed by atoms with Crippen molar-refractivity contribution in [2.45, 2.75) is 39.5 Å². The molecule has 0 radical (unpaired) electrons. The van der Waals surface area contributed by atoms with Crippen LogP contribution in [0, 0.1) is 12.3 Å². The predicted molar refractivity (Wildman–Crippen MR) is 128 cm³/mol. The van der Waals surface area contributed by atoms with E-state index in [1.54, 1.807) is 14.2 Å². The molecule has 1 atom stereocenters. The number of ether oxygens (including phenoxy) is 2. The van der Waals surface area contributed by atoms with Crippen LogP contribution in [0.5, 0.6) is 11.5 Å². The second-order valence-corrected chi connectivity index (χ2v) is 9.59. The van der Waals surface area contributed by atoms with Crippen molar-refractivity contribution in [3.8, 4) is 17.2 Å². The zero-order valence-corrected chi connectivity index (χ0v) is 19.7. The van der Waals surface area contributed by atoms with E-state index in [4.69, 9.17) is 14.6 Å². The minimum absolute atomic E-state index is 0.110. The standard InChI is InChI=1S/C27H29N3O3/c1-16-23-24(19-12-11-18(32-4)13-22(19)33-5)25-20(14-27(2,3)15-21(25)31)28-26(23)30(29-16)17-9-7-6-8-10-17/h6-13,24,28H,14-15H2,1-5H3/t24-/m0/s1. The molecule has 1 aromatic heterocycles. The van der Waals surface area contributed by atoms with E-state index in [0.717, 1.165) is 46.0 Å². The maximum Gasteiger partial charge on any atom is 0.162 e. The van der Waals surface area contributed by atoms with Crippen LogP contribution in [0.25, 0.3) is 5.69 Å². The smallest absolute Gasteiger partial charge is 0.162 e. The number of methoxy groups -OCH3 is 2. The molecule has 6 heteroatoms. The van der Waals surface area contributed by atoms with Crippen molar-refractivity contribution in [3.05, 3.63) is 76.6 Å². The minimum Gasteiger partial charge on any atom is -0.497 e. The lowest BCUT2D eigenvalue weighted by atomic mass is 9.69. The van der Waals surface area contributed by atoms with Crippen LogP contribution in [0.1, 0.15) is 49.4 Å². The summed E-state index contributed by atoms with van der Waals surface area (Å²) >= 11 is 0. The summed E-state index contributed by atoms with van der Waals surface area (Å²) in [5.74, 6) is 2.23. The number of rotatable bonds is 4. The number of aromatic nitrogens is 2. The molecule has 0 saturated carbocycles. The lowest BCUT2D eigenvalue weighted by Gasteiger charge is -2.39. The summed E-state index contributed by atoms with van der Waals surface area (Å²) in [4.78, 5) is 13.6. The van der Waals surface area contributed by atoms with Crippen LogP contribution in [-0.2, 0) is 4.79 Å². The van der Waals surface area contributed by atoms with Crippen LogP contribution in [-0.4, -0.2) is 29.8 Å². The van der Waals surface area contributed by atoms with E-state index in [1.165, 1.54) is 0 Å². The van der Waals surface area contributed by atoms with Crippen LogP contribution in [0.3, 0.4) is 0 Å². The predicted octanol–water partition coefficient (Wildman–Crippen LogP) is 5.40. The van der Waals surface area contributed by atoms with Gasteiger partial charge < -0.3 is 14.8 Å². The molecular formula is C27H29N3O3. The van der Waals surface area contributed by atoms with Gasteiger partial charge in [0.25, 0.3) is 0 Å². The van der Waals surface area contributed by atoms with E-state index in [2.05, 4.69) is 19.2 Å². The third kappa shape index (κ3) is 3.50. The average molecular weight is 444 g/mol. The van der Waals surface area contributed by atoms with Gasteiger partial charge in [-0.1, -0.05) is 38.1 Å². The average Bonchev–Trinajstić information content (AvgIpc) is 3.13. The van der Waals surface area contributed by atoms with Gasteiger partial charge in [0.05, 0.1) is 25.6 Å². The van der Waals surface area contributed by atoms with Crippen LogP contribution in [0.15, 0.2) is 59.8 Å². The number of nitrogens with one attached hydrogen (secondary N) is 1. The number of carbonyl (C=O) groups excluding carboxylic acids is 1. The van der Waals surface area contributed by atoms with Gasteiger partial charge in [-0.3, -0.25) is 4.79 Å². The number of fused-ring (bicyclic) bond motifs is 1. The van der Waals surface area contributed by atoms with Gasteiger partial charge in [0.1, 0.15) is 17.3 Å². The Balaban J connectivity index is 1.78. The molecule has 0 fully saturated rings. The van der Waals surface area contributed by atoms with Gasteiger partial charge in [0.15, 0.2) is 5.78 Å². The molecule has 1 N–H and O–H groups in total. The summed E-state index contributed by atoms with van der Waals surface area (Å²) in [5.41, 5.74) is 5.49. The Kier molecular flexibility index (Phi) is 5.04. The summed E-state index contributed by atoms with van der Waals surface area (Å²) in [6.07, 6.45) is 1.31. The van der Waals surface area contributed by atoms with Crippen LogP contribution in [0.2, 0.25) is 0 Å². The Morgan fingerprint density at radius 1 is 1.06 bits per heavy atom. The molecule has 2 aliphatic rings. The minimum atomic E-state index is -0.266. The number of ketones is 1. The largest absolute Gasteiger partial charge is 0.497 e. The van der Waals surface area contributed by atoms with Gasteiger partial charge in [0.2, 0.25) is 0 Å². The molecule has 170 valence electrons. The highest BCUT2D eigenvalue weighted by molar-refractivity contribution is 6.01. The summed E-state index contributed by atoms with van der Waals surface area (Å²) in [6.45, 7) is 6.30. The van der Waals surface area contributed by atoms with Crippen molar-refractivity contribution in [2.24, 2.45) is 5.41 Å². The van der Waals surface area contributed by atoms with Crippen molar-refractivity contribution < 1.29 is 14.3 Å². The summed E-state index contributed by atoms with van der Waals surface area (Å²) in [6, 6.07) is 15.9. The Hall–Kier alpha value is -3.54. The highest BCUT2D eigenvalue weighted by Gasteiger charge is 2.43. The van der Waals surface area contributed by atoms with Crippen LogP contribution >= 0.6 is 0 Å². The molecule has 33 heavy (non-hydrogen) atoms. The van der Waals surface area contributed by atoms with Crippen molar-refractivity contribution in [1.29, 1.82) is 0 Å². The van der Waals surface area contributed by atoms with Crippen molar-refractivity contribution >= 4 is 11.6 Å². The number of Topliss-reactive ketones (excluding diaryl/α,β-unsaturated/α-hetero) is 1. The molecule has 1 aliphatic heterocycles. The maximum absolute atomic E-state index is 13.6. The van der Waals surface area contributed by atoms with Gasteiger partial charge in [-0.2, -0.15) is 5.10 Å². The van der Waals surface area contributed by atoms with E-state index in [1.807, 2.05) is 60.1 Å². The topological polar surface area (TPSA) is 65.4 Å². The monoisotopic (exact) mass is 443 g/mol. The first-order chi connectivity index (χ1) is 15.8. The highest BCUT2D eigenvalue weighted by Crippen LogP contribution is 2.52. The number of anilines is 1. The Labute approximate surface area is 194 Å². The number of allylic oxidation sites excluding steroid dienone is 2. The Bertz CT molecular complexity index is 1270. The zero-order valence-electron chi connectivity index (χ0n) is 19.7. The summed E-state index contributed by atoms with van der Waals surface area (Å²) in [5, 5.41) is 8.52. The number of para-hydroxylation sites is 1. The van der Waals surface area contributed by atoms with Crippen LogP contribution < -0.4 is 14.8 Å². The fraction of sp³-hybridized carbons (Fsp3) is 0.333. The highest BCUT2D eigenvalue weighted by atomic mass is 16.5. The SMILES string of the molecule is COc1ccc([C@@H]2C3=C(CC(C)(C)CC3=O)Nc3c2c(C)nn3-c2ccccc2)c(OC)c1. The molecule has 0 amide bonds. The van der Waals surface area contributed by atoms with Gasteiger partial charge >= 0.3 is 0 Å². The van der Waals surface area contributed by atoms with Gasteiger partial charge in [-0.05, 0) is 37.0 Å². The third-order valence-electron chi connectivity index (χ3n) is 6.63. The molecule has 0 spiro atoms. The lowest BCUT2D eigenvalue weighted by Crippen LogP contribution is -2.34. The van der Waals surface area contributed by atoms with Crippen molar-refractivity contribution in [2.75, 3.05) is 19.5 Å². The summed E-state index contributed by atoms with van der Waals surface area (Å²) < 4.78 is 13.2. The number of nitrogens with zero attached hydrogens (tertiary/aromatic N) is 2. The lowest BCUT2D eigenvalue weighted by molar-refractivity contribution is -0.118. The fourth-order valence-corrected chi connectivity index (χ4v) is 5.20. The van der Waals surface area contributed by atoms with Gasteiger partial charge in [-0.25, -0.2) is 4.68 Å². The fourth-order valence-electron chi connectivity index (χ4n) is 5.20. The molecule has 3 aromatic rings. The normalized spacial score (nSPS) is 18.9. The number of aryl methyl sites for hydroxylation is 1. The maximum atomic E-state index is 13.6. The molecule has 2 aromatic carbocycles. The third-order valence-corrected chi connectivity index (χ3v) is 6.63. The number of hydrogen-bond donors (Lipinski definition) is 1. The molecule has 0 bridgehead atoms. The molecule has 5 rings (SSSR count). The van der Waals surface area contributed by atoms with E-state index in [9.17, 15) is 4.79 Å². The van der Waals surface area contributed by atoms with Crippen LogP contribution in [0.4, 0.5) is 5.82 Å². The molecule has 2 heterocycles. The number of carbonyl (C=O) groups is 1. The summed E-state index contributed by atoms with van der Waals surface area (Å²) in [7, 11) is 3.29. The second kappa shape index (κ2) is 7.80. The Morgan fingerprint density at radius 3 is 2.52 bits per heavy atom. The quantitative estimate of drug-likeness (QED) is 0.585. The number of benzene rings is 2. The first-order valence-corrected chi connectivity index (χ1v) is 11.2. The van der Waals surface area contributed by atoms with Gasteiger partial charge in [-0.15, -0.1) is 0 Å². The molecule has 0 unspecified atom stereocenters. The van der Waals surface area contributed by atoms with Gasteiger partial charge in [0, 0.05) is 40.8 Å². The van der Waals surface area contributed by atoms with E-state index < -0.39 is 0 Å². The second-order valence-electron chi connectivity index (χ2n) is 9.59. The van der Waals surface area contributed by atoms with Crippen molar-refractivity contribution in [1.82, 2.24) is 9.78 Å². The van der Waals surface area contributed by atoms with E-state index in [-0.39, 0.29) is 17.1 Å². The molecule has 0 saturated heterocycles. The van der Waals surface area contributed by atoms with E-state index >= 15 is 0 Å². The zero-order chi connectivity index (χ0) is 23.3. The first kappa shape index (κ1) is 21.3. The van der Waals surface area contributed by atoms with E-state index in [0.29, 0.717) is 17.9 Å². The molecule has 1 aliphatic carbocycles.